The number of rotatable bonds is 1. The van der Waals surface area contributed by atoms with Crippen molar-refractivity contribution in [3.63, 3.8) is 0 Å². The van der Waals surface area contributed by atoms with Crippen molar-refractivity contribution in [2.24, 2.45) is 0 Å². The summed E-state index contributed by atoms with van der Waals surface area (Å²) in [7, 11) is 0. The van der Waals surface area contributed by atoms with E-state index in [0.717, 1.165) is 9.26 Å². The largest absolute Gasteiger partial charge is 0.248 e. The summed E-state index contributed by atoms with van der Waals surface area (Å²) in [6.45, 7) is 0. The molecular formula is C6H4Cl2IN. The number of hydrogen-bond donors (Lipinski definition) is 0. The average Bonchev–Trinajstić information content (AvgIpc) is 1.94. The van der Waals surface area contributed by atoms with Gasteiger partial charge in [-0.1, -0.05) is 11.6 Å². The fraction of sp³-hybridized carbons (Fsp3) is 0.167. The van der Waals surface area contributed by atoms with E-state index in [-0.39, 0.29) is 0 Å². The molecule has 0 aliphatic rings. The van der Waals surface area contributed by atoms with E-state index < -0.39 is 0 Å². The van der Waals surface area contributed by atoms with Gasteiger partial charge < -0.3 is 0 Å². The Balaban J connectivity index is 3.09. The highest BCUT2D eigenvalue weighted by atomic mass is 127. The van der Waals surface area contributed by atoms with Crippen LogP contribution >= 0.6 is 45.8 Å². The van der Waals surface area contributed by atoms with Gasteiger partial charge in [0.05, 0.1) is 10.9 Å². The lowest BCUT2D eigenvalue weighted by atomic mass is 10.3. The summed E-state index contributed by atoms with van der Waals surface area (Å²) in [5.74, 6) is 0.464. The zero-order valence-electron chi connectivity index (χ0n) is 4.94. The van der Waals surface area contributed by atoms with Crippen molar-refractivity contribution in [2.75, 3.05) is 0 Å². The minimum Gasteiger partial charge on any atom is -0.248 e. The van der Waals surface area contributed by atoms with E-state index in [9.17, 15) is 0 Å². The maximum atomic E-state index is 5.67. The Morgan fingerprint density at radius 2 is 2.30 bits per heavy atom. The third-order valence-corrected chi connectivity index (χ3v) is 2.49. The molecule has 1 nitrogen and oxygen atoms in total. The van der Waals surface area contributed by atoms with Gasteiger partial charge >= 0.3 is 0 Å². The summed E-state index contributed by atoms with van der Waals surface area (Å²) in [4.78, 5) is 4.02. The monoisotopic (exact) mass is 287 g/mol. The third kappa shape index (κ3) is 1.97. The molecule has 0 saturated carbocycles. The Morgan fingerprint density at radius 3 is 2.80 bits per heavy atom. The Kier molecular flexibility index (Phi) is 3.20. The Bertz CT molecular complexity index is 239. The van der Waals surface area contributed by atoms with Gasteiger partial charge in [0.1, 0.15) is 3.70 Å². The van der Waals surface area contributed by atoms with Crippen molar-refractivity contribution >= 4 is 45.8 Å². The van der Waals surface area contributed by atoms with Crippen LogP contribution in [0.3, 0.4) is 0 Å². The van der Waals surface area contributed by atoms with Gasteiger partial charge in [0.25, 0.3) is 0 Å². The first kappa shape index (κ1) is 8.56. The molecule has 0 bridgehead atoms. The highest BCUT2D eigenvalue weighted by molar-refractivity contribution is 14.1. The molecule has 0 radical (unpaired) electrons. The van der Waals surface area contributed by atoms with Gasteiger partial charge in [0.2, 0.25) is 0 Å². The van der Waals surface area contributed by atoms with Crippen LogP contribution in [0.5, 0.6) is 0 Å². The van der Waals surface area contributed by atoms with E-state index >= 15 is 0 Å². The molecule has 0 unspecified atom stereocenters. The molecule has 1 rings (SSSR count). The highest BCUT2D eigenvalue weighted by Crippen LogP contribution is 2.16. The summed E-state index contributed by atoms with van der Waals surface area (Å²) < 4.78 is 0.914. The molecule has 0 aliphatic heterocycles. The first-order chi connectivity index (χ1) is 4.74. The number of halogens is 3. The summed E-state index contributed by atoms with van der Waals surface area (Å²) >= 11 is 13.4. The molecule has 0 saturated heterocycles. The quantitative estimate of drug-likeness (QED) is 0.439. The van der Waals surface area contributed by atoms with Crippen molar-refractivity contribution in [3.05, 3.63) is 26.5 Å². The maximum Gasteiger partial charge on any atom is 0.105 e. The molecule has 1 aromatic rings. The molecule has 4 heteroatoms. The lowest BCUT2D eigenvalue weighted by Crippen LogP contribution is -1.87. The summed E-state index contributed by atoms with van der Waals surface area (Å²) in [5.41, 5.74) is 0.981. The molecule has 0 fully saturated rings. The first-order valence-electron chi connectivity index (χ1n) is 2.60. The molecule has 0 aromatic carbocycles. The van der Waals surface area contributed by atoms with Gasteiger partial charge in [-0.2, -0.15) is 0 Å². The first-order valence-corrected chi connectivity index (χ1v) is 4.59. The standard InChI is InChI=1S/C6H4Cl2IN/c7-2-4-1-5(8)3-10-6(4)9/h1,3H,2H2. The molecular weight excluding hydrogens is 284 g/mol. The second-order valence-electron chi connectivity index (χ2n) is 1.74. The van der Waals surface area contributed by atoms with Gasteiger partial charge in [0, 0.05) is 11.8 Å². The summed E-state index contributed by atoms with van der Waals surface area (Å²) in [5, 5.41) is 0.635. The molecule has 0 atom stereocenters. The molecule has 0 spiro atoms. The Morgan fingerprint density at radius 1 is 1.60 bits per heavy atom. The molecule has 54 valence electrons. The lowest BCUT2D eigenvalue weighted by Gasteiger charge is -1.97. The second kappa shape index (κ2) is 3.74. The van der Waals surface area contributed by atoms with Crippen molar-refractivity contribution in [1.82, 2.24) is 4.98 Å². The van der Waals surface area contributed by atoms with Crippen LogP contribution in [0, 0.1) is 3.70 Å². The highest BCUT2D eigenvalue weighted by Gasteiger charge is 1.98. The van der Waals surface area contributed by atoms with Crippen molar-refractivity contribution in [2.45, 2.75) is 5.88 Å². The molecule has 0 aliphatic carbocycles. The van der Waals surface area contributed by atoms with Crippen LogP contribution in [0.2, 0.25) is 5.02 Å². The minimum atomic E-state index is 0.464. The van der Waals surface area contributed by atoms with Crippen molar-refractivity contribution in [3.8, 4) is 0 Å². The van der Waals surface area contributed by atoms with Crippen LogP contribution in [-0.2, 0) is 5.88 Å². The van der Waals surface area contributed by atoms with Crippen LogP contribution in [0.1, 0.15) is 5.56 Å². The van der Waals surface area contributed by atoms with Crippen LogP contribution < -0.4 is 0 Å². The number of alkyl halides is 1. The zero-order valence-corrected chi connectivity index (χ0v) is 8.61. The third-order valence-electron chi connectivity index (χ3n) is 1.02. The molecule has 10 heavy (non-hydrogen) atoms. The van der Waals surface area contributed by atoms with Crippen LogP contribution in [0.15, 0.2) is 12.3 Å². The van der Waals surface area contributed by atoms with Crippen molar-refractivity contribution in [1.29, 1.82) is 0 Å². The van der Waals surface area contributed by atoms with Crippen LogP contribution in [-0.4, -0.2) is 4.98 Å². The van der Waals surface area contributed by atoms with E-state index in [1.807, 2.05) is 6.07 Å². The van der Waals surface area contributed by atoms with Gasteiger partial charge in [-0.05, 0) is 28.7 Å². The average molecular weight is 288 g/mol. The molecule has 0 amide bonds. The predicted molar refractivity (Wildman–Crippen MR) is 51.5 cm³/mol. The van der Waals surface area contributed by atoms with E-state index in [0.29, 0.717) is 10.9 Å². The van der Waals surface area contributed by atoms with E-state index in [2.05, 4.69) is 27.6 Å². The molecule has 1 aromatic heterocycles. The van der Waals surface area contributed by atoms with Gasteiger partial charge in [-0.3, -0.25) is 0 Å². The van der Waals surface area contributed by atoms with Gasteiger partial charge in [-0.15, -0.1) is 11.6 Å². The zero-order chi connectivity index (χ0) is 7.56. The topological polar surface area (TPSA) is 12.9 Å². The number of nitrogens with zero attached hydrogens (tertiary/aromatic N) is 1. The SMILES string of the molecule is ClCc1cc(Cl)cnc1I. The van der Waals surface area contributed by atoms with Gasteiger partial charge in [0.15, 0.2) is 0 Å². The smallest absolute Gasteiger partial charge is 0.105 e. The second-order valence-corrected chi connectivity index (χ2v) is 3.46. The fourth-order valence-corrected chi connectivity index (χ4v) is 1.65. The summed E-state index contributed by atoms with van der Waals surface area (Å²) in [6, 6.07) is 1.82. The lowest BCUT2D eigenvalue weighted by molar-refractivity contribution is 1.19. The Hall–Kier alpha value is 0.460. The van der Waals surface area contributed by atoms with E-state index in [4.69, 9.17) is 23.2 Å². The van der Waals surface area contributed by atoms with E-state index in [1.165, 1.54) is 0 Å². The number of hydrogen-bond acceptors (Lipinski definition) is 1. The minimum absolute atomic E-state index is 0.464. The number of aromatic nitrogens is 1. The summed E-state index contributed by atoms with van der Waals surface area (Å²) in [6.07, 6.45) is 1.61. The fourth-order valence-electron chi connectivity index (χ4n) is 0.558. The Labute approximate surface area is 82.9 Å². The molecule has 0 N–H and O–H groups in total. The van der Waals surface area contributed by atoms with Crippen LogP contribution in [0.4, 0.5) is 0 Å². The predicted octanol–water partition coefficient (Wildman–Crippen LogP) is 3.08. The van der Waals surface area contributed by atoms with Crippen molar-refractivity contribution < 1.29 is 0 Å². The number of pyridine rings is 1. The maximum absolute atomic E-state index is 5.67. The normalized spacial score (nSPS) is 9.90. The van der Waals surface area contributed by atoms with Crippen LogP contribution in [0.25, 0.3) is 0 Å². The van der Waals surface area contributed by atoms with Gasteiger partial charge in [-0.25, -0.2) is 4.98 Å². The van der Waals surface area contributed by atoms with E-state index in [1.54, 1.807) is 6.20 Å². The molecule has 1 heterocycles.